The molecule has 2 N–H and O–H groups in total. The molecule has 0 fully saturated rings. The molecule has 2 heterocycles. The van der Waals surface area contributed by atoms with E-state index in [1.54, 1.807) is 0 Å². The number of benzene rings is 1. The van der Waals surface area contributed by atoms with Crippen molar-refractivity contribution in [2.75, 3.05) is 5.32 Å². The summed E-state index contributed by atoms with van der Waals surface area (Å²) in [4.78, 5) is 11.2. The molecule has 0 saturated carbocycles. The van der Waals surface area contributed by atoms with Crippen LogP contribution in [0.3, 0.4) is 0 Å². The zero-order valence-corrected chi connectivity index (χ0v) is 8.87. The molecule has 1 aromatic heterocycles. The van der Waals surface area contributed by atoms with Gasteiger partial charge in [0, 0.05) is 16.9 Å². The Hall–Kier alpha value is -2.10. The van der Waals surface area contributed by atoms with Crippen LogP contribution in [0.1, 0.15) is 11.3 Å². The van der Waals surface area contributed by atoms with Gasteiger partial charge in [0.2, 0.25) is 5.91 Å². The Labute approximate surface area is 92.7 Å². The minimum atomic E-state index is 0.0605. The van der Waals surface area contributed by atoms with E-state index in [0.29, 0.717) is 6.42 Å². The van der Waals surface area contributed by atoms with Crippen LogP contribution < -0.4 is 5.32 Å². The Kier molecular flexibility index (Phi) is 1.83. The van der Waals surface area contributed by atoms with Crippen LogP contribution >= 0.6 is 0 Å². The van der Waals surface area contributed by atoms with Crippen LogP contribution in [0.2, 0.25) is 0 Å². The van der Waals surface area contributed by atoms with Gasteiger partial charge in [-0.1, -0.05) is 6.07 Å². The van der Waals surface area contributed by atoms with Crippen molar-refractivity contribution in [1.29, 1.82) is 0 Å². The van der Waals surface area contributed by atoms with E-state index in [0.717, 1.165) is 28.2 Å². The maximum absolute atomic E-state index is 11.2. The first kappa shape index (κ1) is 9.15. The van der Waals surface area contributed by atoms with Gasteiger partial charge in [-0.2, -0.15) is 5.10 Å². The van der Waals surface area contributed by atoms with Crippen molar-refractivity contribution >= 4 is 11.6 Å². The molecule has 0 radical (unpaired) electrons. The van der Waals surface area contributed by atoms with Gasteiger partial charge in [-0.25, -0.2) is 0 Å². The van der Waals surface area contributed by atoms with Crippen molar-refractivity contribution in [3.8, 4) is 11.3 Å². The molecule has 80 valence electrons. The van der Waals surface area contributed by atoms with Crippen LogP contribution in [0, 0.1) is 6.92 Å². The Morgan fingerprint density at radius 1 is 1.31 bits per heavy atom. The maximum Gasteiger partial charge on any atom is 0.228 e. The molecule has 4 heteroatoms. The van der Waals surface area contributed by atoms with E-state index in [2.05, 4.69) is 15.5 Å². The third-order valence-electron chi connectivity index (χ3n) is 2.73. The quantitative estimate of drug-likeness (QED) is 0.759. The predicted molar refractivity (Wildman–Crippen MR) is 61.1 cm³/mol. The van der Waals surface area contributed by atoms with Gasteiger partial charge in [-0.15, -0.1) is 0 Å². The molecule has 0 bridgehead atoms. The molecule has 1 amide bonds. The van der Waals surface area contributed by atoms with Crippen LogP contribution in [0.4, 0.5) is 5.69 Å². The van der Waals surface area contributed by atoms with Gasteiger partial charge in [0.05, 0.1) is 12.1 Å². The number of nitrogens with zero attached hydrogens (tertiary/aromatic N) is 1. The number of carbonyl (C=O) groups excluding carboxylic acids is 1. The second-order valence-electron chi connectivity index (χ2n) is 4.03. The molecule has 4 nitrogen and oxygen atoms in total. The van der Waals surface area contributed by atoms with Gasteiger partial charge in [0.25, 0.3) is 0 Å². The summed E-state index contributed by atoms with van der Waals surface area (Å²) in [5, 5.41) is 9.93. The lowest BCUT2D eigenvalue weighted by atomic mass is 10.1. The third kappa shape index (κ3) is 1.39. The SMILES string of the molecule is Cc1cc(-c2ccc3c(c2)CC(=O)N3)n[nH]1. The summed E-state index contributed by atoms with van der Waals surface area (Å²) in [6.07, 6.45) is 0.465. The first-order valence-corrected chi connectivity index (χ1v) is 5.17. The molecule has 0 aliphatic carbocycles. The molecule has 0 saturated heterocycles. The normalized spacial score (nSPS) is 13.7. The summed E-state index contributed by atoms with van der Waals surface area (Å²) in [5.41, 5.74) is 4.95. The Balaban J connectivity index is 2.05. The minimum absolute atomic E-state index is 0.0605. The highest BCUT2D eigenvalue weighted by atomic mass is 16.1. The monoisotopic (exact) mass is 213 g/mol. The number of aromatic amines is 1. The number of H-pyrrole nitrogens is 1. The van der Waals surface area contributed by atoms with E-state index >= 15 is 0 Å². The number of hydrogen-bond donors (Lipinski definition) is 2. The van der Waals surface area contributed by atoms with Gasteiger partial charge >= 0.3 is 0 Å². The molecule has 1 aromatic carbocycles. The van der Waals surface area contributed by atoms with E-state index in [9.17, 15) is 4.79 Å². The second kappa shape index (κ2) is 3.20. The molecule has 3 rings (SSSR count). The molecule has 0 atom stereocenters. The largest absolute Gasteiger partial charge is 0.326 e. The van der Waals surface area contributed by atoms with Gasteiger partial charge in [-0.05, 0) is 30.7 Å². The highest BCUT2D eigenvalue weighted by Crippen LogP contribution is 2.28. The number of fused-ring (bicyclic) bond motifs is 1. The van der Waals surface area contributed by atoms with Crippen molar-refractivity contribution in [3.63, 3.8) is 0 Å². The number of aromatic nitrogens is 2. The molecular formula is C12H11N3O. The van der Waals surface area contributed by atoms with Crippen molar-refractivity contribution < 1.29 is 4.79 Å². The summed E-state index contributed by atoms with van der Waals surface area (Å²) < 4.78 is 0. The van der Waals surface area contributed by atoms with Crippen LogP contribution in [-0.2, 0) is 11.2 Å². The molecule has 0 spiro atoms. The number of aryl methyl sites for hydroxylation is 1. The summed E-state index contributed by atoms with van der Waals surface area (Å²) in [5.74, 6) is 0.0605. The first-order chi connectivity index (χ1) is 7.72. The van der Waals surface area contributed by atoms with Crippen LogP contribution in [0.15, 0.2) is 24.3 Å². The summed E-state index contributed by atoms with van der Waals surface area (Å²) >= 11 is 0. The minimum Gasteiger partial charge on any atom is -0.326 e. The lowest BCUT2D eigenvalue weighted by Gasteiger charge is -2.00. The van der Waals surface area contributed by atoms with Crippen molar-refractivity contribution in [3.05, 3.63) is 35.5 Å². The first-order valence-electron chi connectivity index (χ1n) is 5.17. The number of nitrogens with one attached hydrogen (secondary N) is 2. The van der Waals surface area contributed by atoms with Gasteiger partial charge in [-0.3, -0.25) is 9.89 Å². The zero-order valence-electron chi connectivity index (χ0n) is 8.87. The average molecular weight is 213 g/mol. The molecule has 1 aliphatic rings. The van der Waals surface area contributed by atoms with E-state index < -0.39 is 0 Å². The average Bonchev–Trinajstić information content (AvgIpc) is 2.81. The van der Waals surface area contributed by atoms with E-state index in [-0.39, 0.29) is 5.91 Å². The van der Waals surface area contributed by atoms with Crippen LogP contribution in [0.25, 0.3) is 11.3 Å². The Morgan fingerprint density at radius 2 is 2.19 bits per heavy atom. The number of carbonyl (C=O) groups is 1. The van der Waals surface area contributed by atoms with Crippen LogP contribution in [-0.4, -0.2) is 16.1 Å². The predicted octanol–water partition coefficient (Wildman–Crippen LogP) is 1.88. The highest BCUT2D eigenvalue weighted by Gasteiger charge is 2.18. The van der Waals surface area contributed by atoms with Gasteiger partial charge in [0.1, 0.15) is 0 Å². The Morgan fingerprint density at radius 3 is 2.94 bits per heavy atom. The zero-order chi connectivity index (χ0) is 11.1. The number of anilines is 1. The van der Waals surface area contributed by atoms with Crippen molar-refractivity contribution in [1.82, 2.24) is 10.2 Å². The lowest BCUT2D eigenvalue weighted by Crippen LogP contribution is -2.03. The lowest BCUT2D eigenvalue weighted by molar-refractivity contribution is -0.115. The summed E-state index contributed by atoms with van der Waals surface area (Å²) in [6, 6.07) is 7.91. The Bertz CT molecular complexity index is 571. The molecular weight excluding hydrogens is 202 g/mol. The van der Waals surface area contributed by atoms with Gasteiger partial charge < -0.3 is 5.32 Å². The van der Waals surface area contributed by atoms with Crippen molar-refractivity contribution in [2.24, 2.45) is 0 Å². The van der Waals surface area contributed by atoms with Crippen LogP contribution in [0.5, 0.6) is 0 Å². The summed E-state index contributed by atoms with van der Waals surface area (Å²) in [7, 11) is 0. The van der Waals surface area contributed by atoms with E-state index in [1.165, 1.54) is 0 Å². The number of hydrogen-bond acceptors (Lipinski definition) is 2. The molecule has 1 aliphatic heterocycles. The fraction of sp³-hybridized carbons (Fsp3) is 0.167. The topological polar surface area (TPSA) is 57.8 Å². The summed E-state index contributed by atoms with van der Waals surface area (Å²) in [6.45, 7) is 1.97. The second-order valence-corrected chi connectivity index (χ2v) is 4.03. The smallest absolute Gasteiger partial charge is 0.228 e. The molecule has 2 aromatic rings. The fourth-order valence-electron chi connectivity index (χ4n) is 1.95. The number of rotatable bonds is 1. The highest BCUT2D eigenvalue weighted by molar-refractivity contribution is 5.99. The standard InChI is InChI=1S/C12H11N3O/c1-7-4-11(15-14-7)8-2-3-10-9(5-8)6-12(16)13-10/h2-5H,6H2,1H3,(H,13,16)(H,14,15). The third-order valence-corrected chi connectivity index (χ3v) is 2.73. The van der Waals surface area contributed by atoms with E-state index in [4.69, 9.17) is 0 Å². The van der Waals surface area contributed by atoms with Gasteiger partial charge in [0.15, 0.2) is 0 Å². The fourth-order valence-corrected chi connectivity index (χ4v) is 1.95. The number of amides is 1. The van der Waals surface area contributed by atoms with Crippen molar-refractivity contribution in [2.45, 2.75) is 13.3 Å². The maximum atomic E-state index is 11.2. The molecule has 0 unspecified atom stereocenters. The van der Waals surface area contributed by atoms with E-state index in [1.807, 2.05) is 31.2 Å². The molecule has 16 heavy (non-hydrogen) atoms.